The Kier molecular flexibility index (Phi) is 5.58. The molecule has 7 nitrogen and oxygen atoms in total. The fourth-order valence-corrected chi connectivity index (χ4v) is 2.51. The molecule has 1 heterocycles. The highest BCUT2D eigenvalue weighted by Gasteiger charge is 2.22. The van der Waals surface area contributed by atoms with Gasteiger partial charge >= 0.3 is 11.8 Å². The molecule has 1 aliphatic rings. The first kappa shape index (κ1) is 17.6. The van der Waals surface area contributed by atoms with Crippen molar-refractivity contribution in [2.24, 2.45) is 0 Å². The van der Waals surface area contributed by atoms with Gasteiger partial charge in [-0.15, -0.1) is 0 Å². The molecule has 1 aliphatic heterocycles. The van der Waals surface area contributed by atoms with E-state index in [0.717, 1.165) is 5.56 Å². The normalized spacial score (nSPS) is 15.2. The Balaban J connectivity index is 1.38. The van der Waals surface area contributed by atoms with Crippen molar-refractivity contribution in [1.82, 2.24) is 10.6 Å². The fourth-order valence-electron chi connectivity index (χ4n) is 2.51. The summed E-state index contributed by atoms with van der Waals surface area (Å²) in [4.78, 5) is 23.7. The highest BCUT2D eigenvalue weighted by molar-refractivity contribution is 6.35. The van der Waals surface area contributed by atoms with Crippen LogP contribution in [-0.4, -0.2) is 42.7 Å². The molecule has 3 N–H and O–H groups in total. The number of phenols is 1. The van der Waals surface area contributed by atoms with Gasteiger partial charge in [-0.2, -0.15) is 0 Å². The van der Waals surface area contributed by atoms with E-state index in [1.807, 2.05) is 18.2 Å². The maximum Gasteiger partial charge on any atom is 0.309 e. The maximum absolute atomic E-state index is 11.9. The van der Waals surface area contributed by atoms with Crippen LogP contribution in [0.1, 0.15) is 5.56 Å². The molecule has 1 atom stereocenters. The summed E-state index contributed by atoms with van der Waals surface area (Å²) in [5.74, 6) is 0.0752. The summed E-state index contributed by atoms with van der Waals surface area (Å²) in [5.41, 5.74) is 0.954. The monoisotopic (exact) mass is 356 g/mol. The highest BCUT2D eigenvalue weighted by Crippen LogP contribution is 2.30. The van der Waals surface area contributed by atoms with E-state index in [9.17, 15) is 14.7 Å². The Morgan fingerprint density at radius 3 is 2.46 bits per heavy atom. The second kappa shape index (κ2) is 8.24. The molecule has 0 fully saturated rings. The van der Waals surface area contributed by atoms with Crippen molar-refractivity contribution >= 4 is 11.8 Å². The molecule has 0 radical (unpaired) electrons. The van der Waals surface area contributed by atoms with Crippen molar-refractivity contribution < 1.29 is 24.2 Å². The summed E-state index contributed by atoms with van der Waals surface area (Å²) in [6, 6.07) is 14.0. The van der Waals surface area contributed by atoms with Gasteiger partial charge in [-0.25, -0.2) is 0 Å². The van der Waals surface area contributed by atoms with Gasteiger partial charge in [0.1, 0.15) is 18.5 Å². The van der Waals surface area contributed by atoms with Crippen molar-refractivity contribution in [2.45, 2.75) is 12.5 Å². The van der Waals surface area contributed by atoms with Crippen LogP contribution in [0, 0.1) is 0 Å². The number of hydrogen-bond acceptors (Lipinski definition) is 5. The topological polar surface area (TPSA) is 96.9 Å². The lowest BCUT2D eigenvalue weighted by Gasteiger charge is -2.26. The van der Waals surface area contributed by atoms with Crippen LogP contribution in [0.25, 0.3) is 0 Å². The molecule has 0 saturated carbocycles. The van der Waals surface area contributed by atoms with Crippen molar-refractivity contribution in [3.8, 4) is 17.2 Å². The van der Waals surface area contributed by atoms with Crippen molar-refractivity contribution in [2.75, 3.05) is 19.7 Å². The van der Waals surface area contributed by atoms with E-state index in [1.165, 1.54) is 0 Å². The second-order valence-corrected chi connectivity index (χ2v) is 5.88. The van der Waals surface area contributed by atoms with Gasteiger partial charge in [0.05, 0.1) is 6.54 Å². The third kappa shape index (κ3) is 4.66. The second-order valence-electron chi connectivity index (χ2n) is 5.88. The van der Waals surface area contributed by atoms with Gasteiger partial charge in [0, 0.05) is 6.54 Å². The minimum Gasteiger partial charge on any atom is -0.508 e. The first-order valence-electron chi connectivity index (χ1n) is 8.34. The average Bonchev–Trinajstić information content (AvgIpc) is 2.67. The Labute approximate surface area is 150 Å². The standard InChI is InChI=1S/C19H20N2O5/c22-14-7-5-13(6-8-14)9-10-20-18(23)19(24)21-11-15-12-25-16-3-1-2-4-17(16)26-15/h1-8,15,22H,9-12H2,(H,20,23)(H,21,24). The molecule has 0 bridgehead atoms. The highest BCUT2D eigenvalue weighted by atomic mass is 16.6. The summed E-state index contributed by atoms with van der Waals surface area (Å²) in [6.07, 6.45) is 0.217. The Hall–Kier alpha value is -3.22. The minimum atomic E-state index is -0.710. The lowest BCUT2D eigenvalue weighted by molar-refractivity contribution is -0.139. The molecule has 136 valence electrons. The van der Waals surface area contributed by atoms with Gasteiger partial charge in [-0.1, -0.05) is 24.3 Å². The number of aromatic hydroxyl groups is 1. The number of hydrogen-bond donors (Lipinski definition) is 3. The molecule has 0 spiro atoms. The van der Waals surface area contributed by atoms with Crippen molar-refractivity contribution in [3.63, 3.8) is 0 Å². The lowest BCUT2D eigenvalue weighted by atomic mass is 10.1. The Bertz CT molecular complexity index is 776. The van der Waals surface area contributed by atoms with Gasteiger partial charge in [0.2, 0.25) is 0 Å². The van der Waals surface area contributed by atoms with Crippen LogP contribution in [0.3, 0.4) is 0 Å². The summed E-state index contributed by atoms with van der Waals surface area (Å²) in [6.45, 7) is 0.811. The summed E-state index contributed by atoms with van der Waals surface area (Å²) in [7, 11) is 0. The summed E-state index contributed by atoms with van der Waals surface area (Å²) < 4.78 is 11.3. The van der Waals surface area contributed by atoms with Crippen LogP contribution in [0.5, 0.6) is 17.2 Å². The number of phenolic OH excluding ortho intramolecular Hbond substituents is 1. The maximum atomic E-state index is 11.9. The molecule has 3 rings (SSSR count). The first-order chi connectivity index (χ1) is 12.6. The third-order valence-corrected chi connectivity index (χ3v) is 3.90. The quantitative estimate of drug-likeness (QED) is 0.695. The molecule has 0 aliphatic carbocycles. The summed E-state index contributed by atoms with van der Waals surface area (Å²) in [5, 5.41) is 14.3. The smallest absolute Gasteiger partial charge is 0.309 e. The number of para-hydroxylation sites is 2. The van der Waals surface area contributed by atoms with Crippen LogP contribution < -0.4 is 20.1 Å². The fraction of sp³-hybridized carbons (Fsp3) is 0.263. The SMILES string of the molecule is O=C(NCCc1ccc(O)cc1)C(=O)NCC1COc2ccccc2O1. The number of amides is 2. The van der Waals surface area contributed by atoms with E-state index in [4.69, 9.17) is 9.47 Å². The zero-order valence-corrected chi connectivity index (χ0v) is 14.1. The molecule has 2 amide bonds. The molecule has 2 aromatic carbocycles. The zero-order chi connectivity index (χ0) is 18.4. The third-order valence-electron chi connectivity index (χ3n) is 3.90. The lowest BCUT2D eigenvalue weighted by Crippen LogP contribution is -2.46. The molecule has 7 heteroatoms. The molecule has 26 heavy (non-hydrogen) atoms. The minimum absolute atomic E-state index is 0.179. The Morgan fingerprint density at radius 2 is 1.69 bits per heavy atom. The van der Waals surface area contributed by atoms with Gasteiger partial charge in [-0.05, 0) is 36.2 Å². The molecular formula is C19H20N2O5. The molecule has 0 saturated heterocycles. The molecular weight excluding hydrogens is 336 g/mol. The van der Waals surface area contributed by atoms with E-state index in [2.05, 4.69) is 10.6 Å². The van der Waals surface area contributed by atoms with Gasteiger partial charge in [0.25, 0.3) is 0 Å². The molecule has 1 unspecified atom stereocenters. The molecule has 0 aromatic heterocycles. The number of fused-ring (bicyclic) bond motifs is 1. The van der Waals surface area contributed by atoms with Crippen LogP contribution in [-0.2, 0) is 16.0 Å². The first-order valence-corrected chi connectivity index (χ1v) is 8.34. The predicted molar refractivity (Wildman–Crippen MR) is 94.2 cm³/mol. The number of benzene rings is 2. The van der Waals surface area contributed by atoms with Gasteiger partial charge < -0.3 is 25.2 Å². The number of nitrogens with one attached hydrogen (secondary N) is 2. The number of carbonyl (C=O) groups is 2. The van der Waals surface area contributed by atoms with E-state index in [-0.39, 0.29) is 18.4 Å². The van der Waals surface area contributed by atoms with Crippen molar-refractivity contribution in [3.05, 3.63) is 54.1 Å². The predicted octanol–water partition coefficient (Wildman–Crippen LogP) is 1.01. The van der Waals surface area contributed by atoms with E-state index >= 15 is 0 Å². The van der Waals surface area contributed by atoms with Crippen molar-refractivity contribution in [1.29, 1.82) is 0 Å². The van der Waals surface area contributed by atoms with E-state index in [0.29, 0.717) is 31.1 Å². The summed E-state index contributed by atoms with van der Waals surface area (Å²) >= 11 is 0. The van der Waals surface area contributed by atoms with Crippen LogP contribution >= 0.6 is 0 Å². The van der Waals surface area contributed by atoms with Crippen LogP contribution in [0.15, 0.2) is 48.5 Å². The van der Waals surface area contributed by atoms with E-state index < -0.39 is 11.8 Å². The van der Waals surface area contributed by atoms with Crippen LogP contribution in [0.4, 0.5) is 0 Å². The molecule has 2 aromatic rings. The Morgan fingerprint density at radius 1 is 1.00 bits per heavy atom. The van der Waals surface area contributed by atoms with Gasteiger partial charge in [0.15, 0.2) is 11.5 Å². The van der Waals surface area contributed by atoms with Crippen LogP contribution in [0.2, 0.25) is 0 Å². The average molecular weight is 356 g/mol. The largest absolute Gasteiger partial charge is 0.508 e. The van der Waals surface area contributed by atoms with Gasteiger partial charge in [-0.3, -0.25) is 9.59 Å². The van der Waals surface area contributed by atoms with E-state index in [1.54, 1.807) is 30.3 Å². The number of carbonyl (C=O) groups excluding carboxylic acids is 2. The zero-order valence-electron chi connectivity index (χ0n) is 14.1. The number of rotatable bonds is 5. The number of ether oxygens (including phenoxy) is 2.